The summed E-state index contributed by atoms with van der Waals surface area (Å²) in [5, 5.41) is 19.2. The van der Waals surface area contributed by atoms with E-state index in [2.05, 4.69) is 17.1 Å². The Balaban J connectivity index is 2.20. The molecular weight excluding hydrogens is 342 g/mol. The maximum atomic E-state index is 9.71. The molecular formula is C21H15N3OS. The zero-order valence-corrected chi connectivity index (χ0v) is 15.0. The van der Waals surface area contributed by atoms with E-state index in [9.17, 15) is 5.26 Å². The number of rotatable bonds is 5. The molecule has 26 heavy (non-hydrogen) atoms. The van der Waals surface area contributed by atoms with Gasteiger partial charge in [-0.2, -0.15) is 10.5 Å². The average molecular weight is 357 g/mol. The smallest absolute Gasteiger partial charge is 0.118 e. The number of nitriles is 2. The Morgan fingerprint density at radius 2 is 1.73 bits per heavy atom. The minimum absolute atomic E-state index is 0.238. The summed E-state index contributed by atoms with van der Waals surface area (Å²) in [5.74, 6) is 0.991. The number of hydrogen-bond donors (Lipinski definition) is 0. The molecule has 0 N–H and O–H groups in total. The molecule has 4 nitrogen and oxygen atoms in total. The van der Waals surface area contributed by atoms with E-state index in [1.54, 1.807) is 7.11 Å². The standard InChI is InChI=1S/C21H15N3OS/c1-25-17-9-7-15(8-10-17)18-13-20(16-5-3-2-4-6-16)24-21(19(18)14-23)26-12-11-22/h2-10,13H,12H2,1H3. The van der Waals surface area contributed by atoms with Crippen LogP contribution in [-0.2, 0) is 0 Å². The SMILES string of the molecule is COc1ccc(-c2cc(-c3ccccc3)nc(SCC#N)c2C#N)cc1. The quantitative estimate of drug-likeness (QED) is 0.607. The molecule has 0 radical (unpaired) electrons. The van der Waals surface area contributed by atoms with Crippen LogP contribution < -0.4 is 4.74 Å². The van der Waals surface area contributed by atoms with Crippen molar-refractivity contribution in [3.63, 3.8) is 0 Å². The molecule has 2 aromatic carbocycles. The van der Waals surface area contributed by atoms with Gasteiger partial charge in [0.05, 0.1) is 30.2 Å². The summed E-state index contributed by atoms with van der Waals surface area (Å²) in [4.78, 5) is 4.64. The summed E-state index contributed by atoms with van der Waals surface area (Å²) < 4.78 is 5.21. The molecule has 5 heteroatoms. The maximum absolute atomic E-state index is 9.71. The summed E-state index contributed by atoms with van der Waals surface area (Å²) in [6.07, 6.45) is 0. The van der Waals surface area contributed by atoms with E-state index in [1.165, 1.54) is 11.8 Å². The van der Waals surface area contributed by atoms with E-state index < -0.39 is 0 Å². The number of hydrogen-bond acceptors (Lipinski definition) is 5. The van der Waals surface area contributed by atoms with Crippen LogP contribution in [0.15, 0.2) is 65.7 Å². The van der Waals surface area contributed by atoms with E-state index in [1.807, 2.05) is 60.7 Å². The van der Waals surface area contributed by atoms with E-state index in [0.717, 1.165) is 28.1 Å². The topological polar surface area (TPSA) is 69.7 Å². The maximum Gasteiger partial charge on any atom is 0.118 e. The van der Waals surface area contributed by atoms with Crippen LogP contribution in [0.25, 0.3) is 22.4 Å². The lowest BCUT2D eigenvalue weighted by molar-refractivity contribution is 0.415. The number of pyridine rings is 1. The van der Waals surface area contributed by atoms with Crippen LogP contribution in [0.1, 0.15) is 5.56 Å². The number of nitrogens with zero attached hydrogens (tertiary/aromatic N) is 3. The van der Waals surface area contributed by atoms with Gasteiger partial charge in [0.1, 0.15) is 16.8 Å². The van der Waals surface area contributed by atoms with Gasteiger partial charge in [-0.25, -0.2) is 4.98 Å². The van der Waals surface area contributed by atoms with Crippen LogP contribution >= 0.6 is 11.8 Å². The molecule has 1 aromatic heterocycles. The predicted octanol–water partition coefficient (Wildman–Crippen LogP) is 4.91. The molecule has 0 aliphatic carbocycles. The number of ether oxygens (including phenoxy) is 1. The first-order chi connectivity index (χ1) is 12.8. The third-order valence-electron chi connectivity index (χ3n) is 3.84. The van der Waals surface area contributed by atoms with E-state index in [0.29, 0.717) is 10.6 Å². The first-order valence-corrected chi connectivity index (χ1v) is 8.90. The highest BCUT2D eigenvalue weighted by Crippen LogP contribution is 2.34. The first kappa shape index (κ1) is 17.5. The molecule has 0 aliphatic rings. The van der Waals surface area contributed by atoms with Gasteiger partial charge in [-0.15, -0.1) is 0 Å². The number of methoxy groups -OCH3 is 1. The van der Waals surface area contributed by atoms with Gasteiger partial charge in [-0.3, -0.25) is 0 Å². The van der Waals surface area contributed by atoms with Crippen LogP contribution in [0.3, 0.4) is 0 Å². The van der Waals surface area contributed by atoms with E-state index in [-0.39, 0.29) is 5.75 Å². The van der Waals surface area contributed by atoms with Crippen molar-refractivity contribution < 1.29 is 4.74 Å². The number of benzene rings is 2. The van der Waals surface area contributed by atoms with E-state index in [4.69, 9.17) is 10.00 Å². The fraction of sp³-hybridized carbons (Fsp3) is 0.0952. The zero-order chi connectivity index (χ0) is 18.4. The predicted molar refractivity (Wildman–Crippen MR) is 103 cm³/mol. The number of aromatic nitrogens is 1. The van der Waals surface area contributed by atoms with Gasteiger partial charge in [0.15, 0.2) is 0 Å². The highest BCUT2D eigenvalue weighted by Gasteiger charge is 2.15. The molecule has 0 spiro atoms. The van der Waals surface area contributed by atoms with Crippen molar-refractivity contribution in [2.75, 3.05) is 12.9 Å². The van der Waals surface area contributed by atoms with Crippen molar-refractivity contribution in [1.82, 2.24) is 4.98 Å². The summed E-state index contributed by atoms with van der Waals surface area (Å²) in [7, 11) is 1.62. The van der Waals surface area contributed by atoms with Crippen molar-refractivity contribution in [2.45, 2.75) is 5.03 Å². The Kier molecular flexibility index (Phi) is 5.53. The summed E-state index contributed by atoms with van der Waals surface area (Å²) in [5.41, 5.74) is 3.92. The lowest BCUT2D eigenvalue weighted by atomic mass is 9.99. The average Bonchev–Trinajstić information content (AvgIpc) is 2.72. The van der Waals surface area contributed by atoms with Gasteiger partial charge < -0.3 is 4.74 Å². The second kappa shape index (κ2) is 8.20. The molecule has 3 aromatic rings. The fourth-order valence-corrected chi connectivity index (χ4v) is 3.25. The number of thioether (sulfide) groups is 1. The zero-order valence-electron chi connectivity index (χ0n) is 14.1. The van der Waals surface area contributed by atoms with Crippen LogP contribution in [-0.4, -0.2) is 17.8 Å². The lowest BCUT2D eigenvalue weighted by Gasteiger charge is -2.12. The van der Waals surface area contributed by atoms with Crippen LogP contribution in [0.2, 0.25) is 0 Å². The summed E-state index contributed by atoms with van der Waals surface area (Å²) in [6.45, 7) is 0. The minimum atomic E-state index is 0.238. The van der Waals surface area contributed by atoms with Gasteiger partial charge in [-0.05, 0) is 23.8 Å². The Bertz CT molecular complexity index is 987. The second-order valence-electron chi connectivity index (χ2n) is 5.39. The van der Waals surface area contributed by atoms with Crippen molar-refractivity contribution in [1.29, 1.82) is 10.5 Å². The van der Waals surface area contributed by atoms with Gasteiger partial charge >= 0.3 is 0 Å². The first-order valence-electron chi connectivity index (χ1n) is 7.91. The minimum Gasteiger partial charge on any atom is -0.497 e. The Labute approximate surface area is 156 Å². The molecule has 126 valence electrons. The molecule has 3 rings (SSSR count). The van der Waals surface area contributed by atoms with Gasteiger partial charge in [0.25, 0.3) is 0 Å². The Morgan fingerprint density at radius 1 is 1.00 bits per heavy atom. The molecule has 0 fully saturated rings. The lowest BCUT2D eigenvalue weighted by Crippen LogP contribution is -1.96. The van der Waals surface area contributed by atoms with Crippen molar-refractivity contribution >= 4 is 11.8 Å². The van der Waals surface area contributed by atoms with Crippen LogP contribution in [0.5, 0.6) is 5.75 Å². The monoisotopic (exact) mass is 357 g/mol. The van der Waals surface area contributed by atoms with Crippen LogP contribution in [0, 0.1) is 22.7 Å². The Hall–Kier alpha value is -3.28. The summed E-state index contributed by atoms with van der Waals surface area (Å²) >= 11 is 1.28. The van der Waals surface area contributed by atoms with Gasteiger partial charge in [0.2, 0.25) is 0 Å². The molecule has 0 amide bonds. The van der Waals surface area contributed by atoms with Gasteiger partial charge in [0, 0.05) is 11.1 Å². The third kappa shape index (κ3) is 3.69. The highest BCUT2D eigenvalue weighted by atomic mass is 32.2. The molecule has 0 bridgehead atoms. The van der Waals surface area contributed by atoms with Crippen molar-refractivity contribution in [3.05, 3.63) is 66.2 Å². The Morgan fingerprint density at radius 3 is 2.35 bits per heavy atom. The van der Waals surface area contributed by atoms with Gasteiger partial charge in [-0.1, -0.05) is 54.2 Å². The second-order valence-corrected chi connectivity index (χ2v) is 6.35. The molecule has 0 unspecified atom stereocenters. The fourth-order valence-electron chi connectivity index (χ4n) is 2.59. The molecule has 0 saturated carbocycles. The molecule has 0 aliphatic heterocycles. The normalized spacial score (nSPS) is 9.96. The van der Waals surface area contributed by atoms with Crippen LogP contribution in [0.4, 0.5) is 0 Å². The third-order valence-corrected chi connectivity index (χ3v) is 4.68. The van der Waals surface area contributed by atoms with Crippen molar-refractivity contribution in [3.8, 4) is 40.3 Å². The highest BCUT2D eigenvalue weighted by molar-refractivity contribution is 7.99. The van der Waals surface area contributed by atoms with Crippen molar-refractivity contribution in [2.24, 2.45) is 0 Å². The molecule has 1 heterocycles. The molecule has 0 atom stereocenters. The molecule has 0 saturated heterocycles. The van der Waals surface area contributed by atoms with E-state index >= 15 is 0 Å². The summed E-state index contributed by atoms with van der Waals surface area (Å²) in [6, 6.07) is 23.6. The largest absolute Gasteiger partial charge is 0.497 e.